The van der Waals surface area contributed by atoms with Gasteiger partial charge in [-0.2, -0.15) is 0 Å². The topological polar surface area (TPSA) is 85.9 Å². The van der Waals surface area contributed by atoms with Gasteiger partial charge in [0.1, 0.15) is 5.75 Å². The van der Waals surface area contributed by atoms with Crippen molar-refractivity contribution in [3.8, 4) is 5.75 Å². The smallest absolute Gasteiger partial charge is 0.251 e. The highest BCUT2D eigenvalue weighted by molar-refractivity contribution is 5.94. The van der Waals surface area contributed by atoms with Crippen LogP contribution in [-0.4, -0.2) is 45.5 Å². The van der Waals surface area contributed by atoms with Crippen molar-refractivity contribution in [2.24, 2.45) is 0 Å². The molecule has 0 unspecified atom stereocenters. The zero-order chi connectivity index (χ0) is 20.2. The molecule has 150 valence electrons. The summed E-state index contributed by atoms with van der Waals surface area (Å²) in [4.78, 5) is 24.0. The molecule has 0 aliphatic rings. The minimum Gasteiger partial charge on any atom is -0.493 e. The van der Waals surface area contributed by atoms with Gasteiger partial charge in [0.15, 0.2) is 6.29 Å². The van der Waals surface area contributed by atoms with Crippen LogP contribution in [0, 0.1) is 0 Å². The van der Waals surface area contributed by atoms with Crippen LogP contribution < -0.4 is 15.4 Å². The van der Waals surface area contributed by atoms with E-state index in [9.17, 15) is 9.59 Å². The number of carbonyl (C=O) groups is 2. The quantitative estimate of drug-likeness (QED) is 0.578. The highest BCUT2D eigenvalue weighted by Crippen LogP contribution is 2.08. The molecule has 2 aromatic rings. The first kappa shape index (κ1) is 21.4. The number of benzene rings is 2. The number of carbonyl (C=O) groups excluding carboxylic acids is 2. The van der Waals surface area contributed by atoms with E-state index < -0.39 is 6.29 Å². The van der Waals surface area contributed by atoms with Crippen molar-refractivity contribution in [2.75, 3.05) is 27.4 Å². The Balaban J connectivity index is 1.70. The van der Waals surface area contributed by atoms with Crippen LogP contribution in [0.5, 0.6) is 5.75 Å². The average Bonchev–Trinajstić information content (AvgIpc) is 2.74. The third-order valence-electron chi connectivity index (χ3n) is 4.00. The summed E-state index contributed by atoms with van der Waals surface area (Å²) in [6.07, 6.45) is -0.209. The van der Waals surface area contributed by atoms with Gasteiger partial charge < -0.3 is 24.8 Å². The molecule has 0 spiro atoms. The van der Waals surface area contributed by atoms with Crippen LogP contribution >= 0.6 is 0 Å². The molecule has 7 nitrogen and oxygen atoms in total. The van der Waals surface area contributed by atoms with E-state index >= 15 is 0 Å². The molecule has 0 aliphatic carbocycles. The lowest BCUT2D eigenvalue weighted by Crippen LogP contribution is -2.34. The molecule has 0 aromatic heterocycles. The number of para-hydroxylation sites is 1. The predicted octanol–water partition coefficient (Wildman–Crippen LogP) is 2.12. The number of rotatable bonds is 11. The van der Waals surface area contributed by atoms with E-state index in [1.54, 1.807) is 24.3 Å². The summed E-state index contributed by atoms with van der Waals surface area (Å²) < 4.78 is 15.6. The van der Waals surface area contributed by atoms with Crippen molar-refractivity contribution >= 4 is 11.8 Å². The van der Waals surface area contributed by atoms with E-state index in [1.165, 1.54) is 14.2 Å². The van der Waals surface area contributed by atoms with Crippen LogP contribution in [0.3, 0.4) is 0 Å². The van der Waals surface area contributed by atoms with E-state index in [4.69, 9.17) is 14.2 Å². The number of ether oxygens (including phenoxy) is 3. The predicted molar refractivity (Wildman–Crippen MR) is 105 cm³/mol. The van der Waals surface area contributed by atoms with E-state index in [0.29, 0.717) is 18.7 Å². The van der Waals surface area contributed by atoms with E-state index in [2.05, 4.69) is 10.6 Å². The zero-order valence-electron chi connectivity index (χ0n) is 16.1. The molecule has 0 fully saturated rings. The van der Waals surface area contributed by atoms with Gasteiger partial charge >= 0.3 is 0 Å². The average molecular weight is 386 g/mol. The van der Waals surface area contributed by atoms with Crippen LogP contribution in [0.25, 0.3) is 0 Å². The normalized spacial score (nSPS) is 10.5. The molecule has 0 heterocycles. The van der Waals surface area contributed by atoms with Crippen molar-refractivity contribution in [1.82, 2.24) is 10.6 Å². The number of amides is 2. The molecule has 0 saturated carbocycles. The third kappa shape index (κ3) is 7.38. The maximum absolute atomic E-state index is 12.1. The summed E-state index contributed by atoms with van der Waals surface area (Å²) in [7, 11) is 3.02. The lowest BCUT2D eigenvalue weighted by molar-refractivity contribution is -0.121. The summed E-state index contributed by atoms with van der Waals surface area (Å²) in [6.45, 7) is 0.967. The van der Waals surface area contributed by atoms with Crippen LogP contribution in [-0.2, 0) is 20.8 Å². The van der Waals surface area contributed by atoms with Gasteiger partial charge in [-0.05, 0) is 29.8 Å². The molecule has 2 rings (SSSR count). The molecule has 0 saturated heterocycles. The maximum Gasteiger partial charge on any atom is 0.251 e. The Morgan fingerprint density at radius 1 is 0.929 bits per heavy atom. The minimum absolute atomic E-state index is 0.0945. The van der Waals surface area contributed by atoms with Gasteiger partial charge in [-0.3, -0.25) is 9.59 Å². The molecule has 0 atom stereocenters. The Labute approximate surface area is 165 Å². The Morgan fingerprint density at radius 3 is 2.25 bits per heavy atom. The molecule has 28 heavy (non-hydrogen) atoms. The molecule has 2 amide bonds. The molecule has 7 heteroatoms. The molecule has 0 aliphatic heterocycles. The van der Waals surface area contributed by atoms with Gasteiger partial charge in [-0.1, -0.05) is 30.3 Å². The Hall–Kier alpha value is -2.90. The molecule has 2 N–H and O–H groups in total. The fourth-order valence-electron chi connectivity index (χ4n) is 2.38. The first-order chi connectivity index (χ1) is 13.6. The summed E-state index contributed by atoms with van der Waals surface area (Å²) in [5, 5.41) is 5.57. The van der Waals surface area contributed by atoms with E-state index in [0.717, 1.165) is 11.3 Å². The monoisotopic (exact) mass is 386 g/mol. The largest absolute Gasteiger partial charge is 0.493 e. The van der Waals surface area contributed by atoms with Gasteiger partial charge in [0.05, 0.1) is 19.6 Å². The van der Waals surface area contributed by atoms with Crippen LogP contribution in [0.1, 0.15) is 22.3 Å². The lowest BCUT2D eigenvalue weighted by atomic mass is 10.1. The Bertz CT molecular complexity index is 730. The zero-order valence-corrected chi connectivity index (χ0v) is 16.1. The van der Waals surface area contributed by atoms with Crippen molar-refractivity contribution in [2.45, 2.75) is 19.3 Å². The Morgan fingerprint density at radius 2 is 1.61 bits per heavy atom. The fourth-order valence-corrected chi connectivity index (χ4v) is 2.38. The first-order valence-electron chi connectivity index (χ1n) is 8.99. The molecule has 0 radical (unpaired) electrons. The van der Waals surface area contributed by atoms with Crippen molar-refractivity contribution in [3.63, 3.8) is 0 Å². The van der Waals surface area contributed by atoms with E-state index in [-0.39, 0.29) is 24.8 Å². The molecule has 2 aromatic carbocycles. The van der Waals surface area contributed by atoms with Gasteiger partial charge in [0.2, 0.25) is 5.91 Å². The minimum atomic E-state index is -0.482. The summed E-state index contributed by atoms with van der Waals surface area (Å²) >= 11 is 0. The highest BCUT2D eigenvalue weighted by Gasteiger charge is 2.10. The SMILES string of the molecule is COC(CNC(=O)c1ccc(CNC(=O)CCOc2ccccc2)cc1)OC. The highest BCUT2D eigenvalue weighted by atomic mass is 16.7. The number of hydrogen-bond acceptors (Lipinski definition) is 5. The van der Waals surface area contributed by atoms with E-state index in [1.807, 2.05) is 30.3 Å². The van der Waals surface area contributed by atoms with Crippen molar-refractivity contribution in [3.05, 3.63) is 65.7 Å². The van der Waals surface area contributed by atoms with Crippen LogP contribution in [0.2, 0.25) is 0 Å². The number of methoxy groups -OCH3 is 2. The summed E-state index contributed by atoms with van der Waals surface area (Å²) in [5.74, 6) is 0.433. The van der Waals surface area contributed by atoms with Gasteiger partial charge in [-0.15, -0.1) is 0 Å². The second-order valence-corrected chi connectivity index (χ2v) is 6.00. The Kier molecular flexibility index (Phi) is 8.97. The third-order valence-corrected chi connectivity index (χ3v) is 4.00. The van der Waals surface area contributed by atoms with Gasteiger partial charge in [-0.25, -0.2) is 0 Å². The molecule has 0 bridgehead atoms. The first-order valence-corrected chi connectivity index (χ1v) is 8.99. The number of nitrogens with one attached hydrogen (secondary N) is 2. The lowest BCUT2D eigenvalue weighted by Gasteiger charge is -2.14. The summed E-state index contributed by atoms with van der Waals surface area (Å²) in [5.41, 5.74) is 1.43. The second kappa shape index (κ2) is 11.7. The molecular formula is C21H26N2O5. The summed E-state index contributed by atoms with van der Waals surface area (Å²) in [6, 6.07) is 16.4. The van der Waals surface area contributed by atoms with Crippen molar-refractivity contribution < 1.29 is 23.8 Å². The fraction of sp³-hybridized carbons (Fsp3) is 0.333. The van der Waals surface area contributed by atoms with Crippen LogP contribution in [0.15, 0.2) is 54.6 Å². The van der Waals surface area contributed by atoms with Gasteiger partial charge in [0.25, 0.3) is 5.91 Å². The van der Waals surface area contributed by atoms with Crippen LogP contribution in [0.4, 0.5) is 0 Å². The second-order valence-electron chi connectivity index (χ2n) is 6.00. The standard InChI is InChI=1S/C21H26N2O5/c1-26-20(27-2)15-23-21(25)17-10-8-16(9-11-17)14-22-19(24)12-13-28-18-6-4-3-5-7-18/h3-11,20H,12-15H2,1-2H3,(H,22,24)(H,23,25). The number of hydrogen-bond donors (Lipinski definition) is 2. The van der Waals surface area contributed by atoms with Gasteiger partial charge in [0, 0.05) is 26.3 Å². The molecular weight excluding hydrogens is 360 g/mol. The van der Waals surface area contributed by atoms with Crippen molar-refractivity contribution in [1.29, 1.82) is 0 Å². The maximum atomic E-state index is 12.1.